The Labute approximate surface area is 103 Å². The van der Waals surface area contributed by atoms with Crippen molar-refractivity contribution in [3.05, 3.63) is 41.0 Å². The Bertz CT molecular complexity index is 527. The lowest BCUT2D eigenvalue weighted by Gasteiger charge is -2.16. The van der Waals surface area contributed by atoms with Gasteiger partial charge in [0.1, 0.15) is 0 Å². The van der Waals surface area contributed by atoms with Gasteiger partial charge in [-0.1, -0.05) is 6.08 Å². The van der Waals surface area contributed by atoms with Crippen molar-refractivity contribution in [2.45, 2.75) is 6.42 Å². The first-order chi connectivity index (χ1) is 8.52. The van der Waals surface area contributed by atoms with E-state index in [-0.39, 0.29) is 11.8 Å². The van der Waals surface area contributed by atoms with E-state index in [0.29, 0.717) is 18.7 Å². The van der Waals surface area contributed by atoms with Gasteiger partial charge in [0.25, 0.3) is 0 Å². The van der Waals surface area contributed by atoms with Gasteiger partial charge in [-0.3, -0.25) is 14.9 Å². The number of amides is 1. The molecule has 0 bridgehead atoms. The smallest absolute Gasteiger partial charge is 0.312 e. The third-order valence-electron chi connectivity index (χ3n) is 2.96. The first-order valence-electron chi connectivity index (χ1n) is 5.43. The van der Waals surface area contributed by atoms with Crippen molar-refractivity contribution in [3.63, 3.8) is 0 Å². The highest BCUT2D eigenvalue weighted by molar-refractivity contribution is 5.96. The number of phenols is 1. The normalized spacial score (nSPS) is 19.0. The minimum Gasteiger partial charge on any atom is -0.502 e. The van der Waals surface area contributed by atoms with E-state index >= 15 is 0 Å². The Morgan fingerprint density at radius 1 is 1.56 bits per heavy atom. The predicted octanol–water partition coefficient (Wildman–Crippen LogP) is 1.84. The molecule has 1 amide bonds. The van der Waals surface area contributed by atoms with Crippen molar-refractivity contribution >= 4 is 17.3 Å². The zero-order valence-electron chi connectivity index (χ0n) is 9.57. The molecule has 6 nitrogen and oxygen atoms in total. The summed E-state index contributed by atoms with van der Waals surface area (Å²) in [6.45, 7) is 4.10. The SMILES string of the molecule is C=CC1CC(=O)N(c2ccc(O)c([N+](=O)[O-])c2)C1. The Kier molecular flexibility index (Phi) is 3.01. The van der Waals surface area contributed by atoms with Crippen LogP contribution in [0.5, 0.6) is 5.75 Å². The number of benzene rings is 1. The van der Waals surface area contributed by atoms with Crippen LogP contribution in [-0.2, 0) is 4.79 Å². The molecule has 1 aromatic rings. The average molecular weight is 248 g/mol. The summed E-state index contributed by atoms with van der Waals surface area (Å²) in [5, 5.41) is 20.1. The van der Waals surface area contributed by atoms with Crippen LogP contribution in [0.3, 0.4) is 0 Å². The molecule has 6 heteroatoms. The van der Waals surface area contributed by atoms with Gasteiger partial charge in [0.15, 0.2) is 5.75 Å². The largest absolute Gasteiger partial charge is 0.502 e. The third kappa shape index (κ3) is 2.04. The molecule has 1 fully saturated rings. The van der Waals surface area contributed by atoms with Crippen molar-refractivity contribution in [2.75, 3.05) is 11.4 Å². The van der Waals surface area contributed by atoms with E-state index in [1.54, 1.807) is 6.08 Å². The number of carbonyl (C=O) groups excluding carboxylic acids is 1. The van der Waals surface area contributed by atoms with Crippen LogP contribution in [-0.4, -0.2) is 22.5 Å². The fraction of sp³-hybridized carbons (Fsp3) is 0.250. The summed E-state index contributed by atoms with van der Waals surface area (Å²) in [7, 11) is 0. The Morgan fingerprint density at radius 2 is 2.28 bits per heavy atom. The number of anilines is 1. The van der Waals surface area contributed by atoms with Crippen molar-refractivity contribution in [3.8, 4) is 5.75 Å². The van der Waals surface area contributed by atoms with E-state index in [1.165, 1.54) is 23.1 Å². The first-order valence-corrected chi connectivity index (χ1v) is 5.43. The van der Waals surface area contributed by atoms with E-state index in [9.17, 15) is 20.0 Å². The lowest BCUT2D eigenvalue weighted by atomic mass is 10.1. The van der Waals surface area contributed by atoms with Crippen LogP contribution >= 0.6 is 0 Å². The molecule has 1 N–H and O–H groups in total. The van der Waals surface area contributed by atoms with E-state index in [0.717, 1.165) is 0 Å². The summed E-state index contributed by atoms with van der Waals surface area (Å²) < 4.78 is 0. The van der Waals surface area contributed by atoms with Crippen LogP contribution in [0.1, 0.15) is 6.42 Å². The Balaban J connectivity index is 2.35. The molecule has 18 heavy (non-hydrogen) atoms. The van der Waals surface area contributed by atoms with Gasteiger partial charge in [0.2, 0.25) is 5.91 Å². The minimum absolute atomic E-state index is 0.0605. The van der Waals surface area contributed by atoms with Crippen LogP contribution in [0.25, 0.3) is 0 Å². The Morgan fingerprint density at radius 3 is 2.83 bits per heavy atom. The molecule has 0 spiro atoms. The van der Waals surface area contributed by atoms with Crippen molar-refractivity contribution in [2.24, 2.45) is 5.92 Å². The van der Waals surface area contributed by atoms with Gasteiger partial charge in [-0.15, -0.1) is 6.58 Å². The molecule has 94 valence electrons. The number of aromatic hydroxyl groups is 1. The van der Waals surface area contributed by atoms with E-state index < -0.39 is 16.4 Å². The summed E-state index contributed by atoms with van der Waals surface area (Å²) in [4.78, 5) is 23.3. The van der Waals surface area contributed by atoms with Crippen LogP contribution in [0.2, 0.25) is 0 Å². The molecule has 0 radical (unpaired) electrons. The number of hydrogen-bond donors (Lipinski definition) is 1. The number of nitro groups is 1. The number of nitrogens with zero attached hydrogens (tertiary/aromatic N) is 2. The van der Waals surface area contributed by atoms with Crippen LogP contribution < -0.4 is 4.90 Å². The molecule has 0 aromatic heterocycles. The molecule has 0 saturated carbocycles. The van der Waals surface area contributed by atoms with Crippen LogP contribution in [0, 0.1) is 16.0 Å². The van der Waals surface area contributed by atoms with Crippen LogP contribution in [0.15, 0.2) is 30.9 Å². The number of hydrogen-bond acceptors (Lipinski definition) is 4. The topological polar surface area (TPSA) is 83.7 Å². The Hall–Kier alpha value is -2.37. The van der Waals surface area contributed by atoms with E-state index in [4.69, 9.17) is 0 Å². The van der Waals surface area contributed by atoms with Gasteiger partial charge in [-0.05, 0) is 12.1 Å². The molecule has 1 aliphatic rings. The minimum atomic E-state index is -0.676. The third-order valence-corrected chi connectivity index (χ3v) is 2.96. The average Bonchev–Trinajstić information content (AvgIpc) is 2.71. The quantitative estimate of drug-likeness (QED) is 0.502. The van der Waals surface area contributed by atoms with E-state index in [2.05, 4.69) is 6.58 Å². The molecular weight excluding hydrogens is 236 g/mol. The van der Waals surface area contributed by atoms with Gasteiger partial charge in [0.05, 0.1) is 10.6 Å². The predicted molar refractivity (Wildman–Crippen MR) is 65.4 cm³/mol. The van der Waals surface area contributed by atoms with E-state index in [1.807, 2.05) is 0 Å². The maximum absolute atomic E-state index is 11.8. The molecule has 1 aromatic carbocycles. The molecular formula is C12H12N2O4. The van der Waals surface area contributed by atoms with Gasteiger partial charge < -0.3 is 10.0 Å². The zero-order valence-corrected chi connectivity index (χ0v) is 9.57. The van der Waals surface area contributed by atoms with Crippen molar-refractivity contribution in [1.29, 1.82) is 0 Å². The van der Waals surface area contributed by atoms with Crippen LogP contribution in [0.4, 0.5) is 11.4 Å². The van der Waals surface area contributed by atoms with Gasteiger partial charge in [-0.25, -0.2) is 0 Å². The monoisotopic (exact) mass is 248 g/mol. The molecule has 1 aliphatic heterocycles. The second-order valence-corrected chi connectivity index (χ2v) is 4.13. The molecule has 1 saturated heterocycles. The van der Waals surface area contributed by atoms with Gasteiger partial charge in [0, 0.05) is 24.9 Å². The summed E-state index contributed by atoms with van der Waals surface area (Å²) in [5.74, 6) is -0.444. The van der Waals surface area contributed by atoms with Crippen molar-refractivity contribution < 1.29 is 14.8 Å². The highest BCUT2D eigenvalue weighted by Gasteiger charge is 2.30. The van der Waals surface area contributed by atoms with Crippen molar-refractivity contribution in [1.82, 2.24) is 0 Å². The lowest BCUT2D eigenvalue weighted by Crippen LogP contribution is -2.24. The fourth-order valence-electron chi connectivity index (χ4n) is 1.97. The molecule has 1 heterocycles. The van der Waals surface area contributed by atoms with Gasteiger partial charge >= 0.3 is 5.69 Å². The highest BCUT2D eigenvalue weighted by Crippen LogP contribution is 2.33. The second-order valence-electron chi connectivity index (χ2n) is 4.13. The summed E-state index contributed by atoms with van der Waals surface area (Å²) in [6.07, 6.45) is 2.06. The summed E-state index contributed by atoms with van der Waals surface area (Å²) in [5.41, 5.74) is 0.0243. The molecule has 1 unspecified atom stereocenters. The molecule has 2 rings (SSSR count). The summed E-state index contributed by atoms with van der Waals surface area (Å²) >= 11 is 0. The fourth-order valence-corrected chi connectivity index (χ4v) is 1.97. The number of carbonyl (C=O) groups is 1. The van der Waals surface area contributed by atoms with Gasteiger partial charge in [-0.2, -0.15) is 0 Å². The zero-order chi connectivity index (χ0) is 13.3. The maximum atomic E-state index is 11.8. The maximum Gasteiger partial charge on any atom is 0.312 e. The summed E-state index contributed by atoms with van der Waals surface area (Å²) in [6, 6.07) is 3.92. The second kappa shape index (κ2) is 4.48. The first kappa shape index (κ1) is 12.1. The highest BCUT2D eigenvalue weighted by atomic mass is 16.6. The number of nitro benzene ring substituents is 1. The lowest BCUT2D eigenvalue weighted by molar-refractivity contribution is -0.385. The molecule has 0 aliphatic carbocycles. The number of rotatable bonds is 3. The standard InChI is InChI=1S/C12H12N2O4/c1-2-8-5-12(16)13(7-8)9-3-4-11(15)10(6-9)14(17)18/h2-4,6,8,15H,1,5,7H2. The number of phenolic OH excluding ortho intramolecular Hbond substituents is 1. The molecule has 1 atom stereocenters.